The van der Waals surface area contributed by atoms with Crippen LogP contribution >= 0.6 is 23.2 Å². The van der Waals surface area contributed by atoms with Crippen molar-refractivity contribution in [2.24, 2.45) is 5.73 Å². The van der Waals surface area contributed by atoms with Crippen LogP contribution in [0.15, 0.2) is 6.07 Å². The zero-order valence-electron chi connectivity index (χ0n) is 7.83. The summed E-state index contributed by atoms with van der Waals surface area (Å²) in [7, 11) is 0. The van der Waals surface area contributed by atoms with Gasteiger partial charge in [-0.05, 0) is 19.0 Å². The Morgan fingerprint density at radius 3 is 2.87 bits per heavy atom. The molecule has 1 heterocycles. The number of amides is 1. The minimum absolute atomic E-state index is 0.0321. The molecule has 0 radical (unpaired) electrons. The molecule has 0 aromatic carbocycles. The molecule has 0 saturated heterocycles. The lowest BCUT2D eigenvalue weighted by Gasteiger charge is -2.04. The first-order valence-corrected chi connectivity index (χ1v) is 5.07. The molecular weight excluding hydrogens is 239 g/mol. The van der Waals surface area contributed by atoms with Crippen LogP contribution in [0.2, 0.25) is 10.3 Å². The summed E-state index contributed by atoms with van der Waals surface area (Å²) in [6, 6.07) is 1.37. The largest absolute Gasteiger partial charge is 0.352 e. The number of aromatic nitrogens is 2. The van der Waals surface area contributed by atoms with Crippen LogP contribution in [-0.2, 0) is 0 Å². The number of hydrogen-bond donors (Lipinski definition) is 2. The van der Waals surface area contributed by atoms with Gasteiger partial charge in [-0.3, -0.25) is 4.79 Å². The van der Waals surface area contributed by atoms with Crippen molar-refractivity contribution < 1.29 is 4.79 Å². The number of nitrogens with two attached hydrogens (primary N) is 1. The fraction of sp³-hybridized carbons (Fsp3) is 0.375. The molecule has 0 unspecified atom stereocenters. The molecule has 1 amide bonds. The molecule has 1 aromatic heterocycles. The van der Waals surface area contributed by atoms with E-state index < -0.39 is 0 Å². The van der Waals surface area contributed by atoms with E-state index in [-0.39, 0.29) is 21.8 Å². The minimum atomic E-state index is -0.328. The van der Waals surface area contributed by atoms with Crippen LogP contribution in [-0.4, -0.2) is 29.2 Å². The number of halogens is 2. The first kappa shape index (κ1) is 12.2. The van der Waals surface area contributed by atoms with E-state index in [0.29, 0.717) is 19.5 Å². The van der Waals surface area contributed by atoms with Crippen molar-refractivity contribution in [3.05, 3.63) is 21.9 Å². The number of rotatable bonds is 4. The predicted octanol–water partition coefficient (Wildman–Crippen LogP) is 0.862. The Labute approximate surface area is 97.0 Å². The first-order chi connectivity index (χ1) is 7.15. The summed E-state index contributed by atoms with van der Waals surface area (Å²) in [4.78, 5) is 11.5. The zero-order valence-corrected chi connectivity index (χ0v) is 9.35. The normalized spacial score (nSPS) is 10.1. The van der Waals surface area contributed by atoms with E-state index in [9.17, 15) is 4.79 Å². The predicted molar refractivity (Wildman–Crippen MR) is 58.1 cm³/mol. The van der Waals surface area contributed by atoms with Crippen LogP contribution in [0.25, 0.3) is 0 Å². The van der Waals surface area contributed by atoms with Crippen LogP contribution in [0, 0.1) is 0 Å². The fourth-order valence-electron chi connectivity index (χ4n) is 0.911. The maximum atomic E-state index is 11.5. The zero-order chi connectivity index (χ0) is 11.3. The molecule has 0 atom stereocenters. The van der Waals surface area contributed by atoms with Gasteiger partial charge in [-0.2, -0.15) is 0 Å². The molecule has 0 aliphatic rings. The maximum Gasteiger partial charge on any atom is 0.254 e. The molecule has 3 N–H and O–H groups in total. The molecule has 0 saturated carbocycles. The first-order valence-electron chi connectivity index (χ1n) is 4.32. The third-order valence-corrected chi connectivity index (χ3v) is 2.09. The fourth-order valence-corrected chi connectivity index (χ4v) is 1.24. The van der Waals surface area contributed by atoms with Crippen molar-refractivity contribution in [2.75, 3.05) is 13.1 Å². The summed E-state index contributed by atoms with van der Waals surface area (Å²) in [5.74, 6) is -0.328. The molecule has 5 nitrogen and oxygen atoms in total. The quantitative estimate of drug-likeness (QED) is 0.775. The summed E-state index contributed by atoms with van der Waals surface area (Å²) in [5.41, 5.74) is 5.50. The Hall–Kier alpha value is -0.910. The highest BCUT2D eigenvalue weighted by Gasteiger charge is 2.12. The number of carbonyl (C=O) groups is 1. The second-order valence-corrected chi connectivity index (χ2v) is 3.51. The lowest BCUT2D eigenvalue weighted by atomic mass is 10.3. The van der Waals surface area contributed by atoms with Gasteiger partial charge in [-0.15, -0.1) is 10.2 Å². The summed E-state index contributed by atoms with van der Waals surface area (Å²) >= 11 is 11.3. The van der Waals surface area contributed by atoms with Crippen LogP contribution in [0.5, 0.6) is 0 Å². The highest BCUT2D eigenvalue weighted by molar-refractivity contribution is 6.34. The van der Waals surface area contributed by atoms with E-state index in [1.165, 1.54) is 6.07 Å². The number of nitrogens with one attached hydrogen (secondary N) is 1. The summed E-state index contributed by atoms with van der Waals surface area (Å²) in [6.07, 6.45) is 0.704. The Kier molecular flexibility index (Phi) is 4.74. The Morgan fingerprint density at radius 1 is 1.47 bits per heavy atom. The molecule has 0 spiro atoms. The van der Waals surface area contributed by atoms with Gasteiger partial charge in [0.05, 0.1) is 5.56 Å². The van der Waals surface area contributed by atoms with Crippen LogP contribution < -0.4 is 11.1 Å². The van der Waals surface area contributed by atoms with Crippen molar-refractivity contribution in [3.63, 3.8) is 0 Å². The molecule has 1 rings (SSSR count). The molecule has 7 heteroatoms. The lowest BCUT2D eigenvalue weighted by molar-refractivity contribution is 0.0953. The van der Waals surface area contributed by atoms with Gasteiger partial charge in [0.2, 0.25) is 0 Å². The van der Waals surface area contributed by atoms with E-state index >= 15 is 0 Å². The molecule has 0 fully saturated rings. The molecular formula is C8H10Cl2N4O. The highest BCUT2D eigenvalue weighted by Crippen LogP contribution is 2.14. The van der Waals surface area contributed by atoms with Crippen LogP contribution in [0.1, 0.15) is 16.8 Å². The van der Waals surface area contributed by atoms with E-state index in [1.54, 1.807) is 0 Å². The lowest BCUT2D eigenvalue weighted by Crippen LogP contribution is -2.26. The van der Waals surface area contributed by atoms with Gasteiger partial charge >= 0.3 is 0 Å². The van der Waals surface area contributed by atoms with Crippen molar-refractivity contribution in [2.45, 2.75) is 6.42 Å². The van der Waals surface area contributed by atoms with Crippen molar-refractivity contribution in [1.29, 1.82) is 0 Å². The Bertz CT molecular complexity index is 358. The molecule has 1 aromatic rings. The number of hydrogen-bond acceptors (Lipinski definition) is 4. The van der Waals surface area contributed by atoms with E-state index in [2.05, 4.69) is 15.5 Å². The van der Waals surface area contributed by atoms with E-state index in [4.69, 9.17) is 28.9 Å². The molecule has 0 bridgehead atoms. The van der Waals surface area contributed by atoms with Gasteiger partial charge in [0.25, 0.3) is 5.91 Å². The number of nitrogens with zero attached hydrogens (tertiary/aromatic N) is 2. The molecule has 0 aliphatic carbocycles. The van der Waals surface area contributed by atoms with Gasteiger partial charge < -0.3 is 11.1 Å². The van der Waals surface area contributed by atoms with E-state index in [1.807, 2.05) is 0 Å². The van der Waals surface area contributed by atoms with Gasteiger partial charge in [-0.25, -0.2) is 0 Å². The summed E-state index contributed by atoms with van der Waals surface area (Å²) in [5, 5.41) is 9.83. The summed E-state index contributed by atoms with van der Waals surface area (Å²) < 4.78 is 0. The minimum Gasteiger partial charge on any atom is -0.352 e. The molecule has 15 heavy (non-hydrogen) atoms. The maximum absolute atomic E-state index is 11.5. The van der Waals surface area contributed by atoms with Crippen LogP contribution in [0.3, 0.4) is 0 Å². The third kappa shape index (κ3) is 3.62. The standard InChI is InChI=1S/C8H10Cl2N4O/c9-6-4-5(7(10)14-13-6)8(15)12-3-1-2-11/h4H,1-3,11H2,(H,12,15). The van der Waals surface area contributed by atoms with Crippen molar-refractivity contribution >= 4 is 29.1 Å². The molecule has 82 valence electrons. The van der Waals surface area contributed by atoms with Crippen LogP contribution in [0.4, 0.5) is 0 Å². The molecule has 0 aliphatic heterocycles. The average Bonchev–Trinajstić information content (AvgIpc) is 2.22. The van der Waals surface area contributed by atoms with Crippen molar-refractivity contribution in [1.82, 2.24) is 15.5 Å². The van der Waals surface area contributed by atoms with Gasteiger partial charge in [0.15, 0.2) is 10.3 Å². The van der Waals surface area contributed by atoms with Gasteiger partial charge in [-0.1, -0.05) is 23.2 Å². The second kappa shape index (κ2) is 5.85. The Balaban J connectivity index is 2.68. The average molecular weight is 249 g/mol. The summed E-state index contributed by atoms with van der Waals surface area (Å²) in [6.45, 7) is 1.01. The number of carbonyl (C=O) groups excluding carboxylic acids is 1. The van der Waals surface area contributed by atoms with E-state index in [0.717, 1.165) is 0 Å². The van der Waals surface area contributed by atoms with Gasteiger partial charge in [0.1, 0.15) is 0 Å². The van der Waals surface area contributed by atoms with Gasteiger partial charge in [0, 0.05) is 6.54 Å². The topological polar surface area (TPSA) is 80.9 Å². The second-order valence-electron chi connectivity index (χ2n) is 2.77. The SMILES string of the molecule is NCCCNC(=O)c1cc(Cl)nnc1Cl. The van der Waals surface area contributed by atoms with Crippen molar-refractivity contribution in [3.8, 4) is 0 Å². The third-order valence-electron chi connectivity index (χ3n) is 1.63. The Morgan fingerprint density at radius 2 is 2.20 bits per heavy atom. The monoisotopic (exact) mass is 248 g/mol. The smallest absolute Gasteiger partial charge is 0.254 e. The highest BCUT2D eigenvalue weighted by atomic mass is 35.5.